The quantitative estimate of drug-likeness (QED) is 0.280. The standard InChI is InChI=1S/C33H33NO6/c1-38-30-9-5-4-8-29(30)32(35)39-19-17-23-10-14-26(15-11-23)28-16-18-34(33(36)37)21-31(28)40-22-24-12-13-25-6-2-3-7-27(25)20-24/h2-15,20,28,31H,16-19,21-22H2,1H3,(H,36,37)/p-1. The van der Waals surface area contributed by atoms with Gasteiger partial charge in [-0.15, -0.1) is 0 Å². The van der Waals surface area contributed by atoms with E-state index in [1.165, 1.54) is 17.4 Å². The van der Waals surface area contributed by atoms with E-state index in [4.69, 9.17) is 14.2 Å². The number of fused-ring (bicyclic) bond motifs is 1. The molecule has 4 aromatic rings. The molecule has 2 unspecified atom stereocenters. The van der Waals surface area contributed by atoms with Crippen LogP contribution in [0.15, 0.2) is 91.0 Å². The third kappa shape index (κ3) is 6.43. The lowest BCUT2D eigenvalue weighted by molar-refractivity contribution is -0.268. The Morgan fingerprint density at radius 1 is 0.900 bits per heavy atom. The molecule has 40 heavy (non-hydrogen) atoms. The molecule has 7 heteroatoms. The monoisotopic (exact) mass is 538 g/mol. The first-order valence-corrected chi connectivity index (χ1v) is 13.5. The van der Waals surface area contributed by atoms with Gasteiger partial charge in [0.25, 0.3) is 0 Å². The topological polar surface area (TPSA) is 88.1 Å². The summed E-state index contributed by atoms with van der Waals surface area (Å²) in [6, 6.07) is 29.6. The number of piperidine rings is 1. The number of likely N-dealkylation sites (tertiary alicyclic amines) is 1. The van der Waals surface area contributed by atoms with Gasteiger partial charge in [-0.05, 0) is 52.1 Å². The van der Waals surface area contributed by atoms with E-state index in [9.17, 15) is 14.7 Å². The van der Waals surface area contributed by atoms with Crippen molar-refractivity contribution in [2.24, 2.45) is 0 Å². The summed E-state index contributed by atoms with van der Waals surface area (Å²) >= 11 is 0. The summed E-state index contributed by atoms with van der Waals surface area (Å²) in [4.78, 5) is 25.4. The molecule has 7 nitrogen and oxygen atoms in total. The van der Waals surface area contributed by atoms with Crippen molar-refractivity contribution in [2.45, 2.75) is 31.5 Å². The van der Waals surface area contributed by atoms with Crippen LogP contribution in [0.5, 0.6) is 5.75 Å². The highest BCUT2D eigenvalue weighted by Gasteiger charge is 2.31. The molecule has 1 amide bonds. The van der Waals surface area contributed by atoms with Crippen LogP contribution in [0.4, 0.5) is 4.79 Å². The summed E-state index contributed by atoms with van der Waals surface area (Å²) in [6.07, 6.45) is -0.250. The Kier molecular flexibility index (Phi) is 8.62. The molecule has 0 bridgehead atoms. The van der Waals surface area contributed by atoms with Gasteiger partial charge in [-0.3, -0.25) is 0 Å². The number of ether oxygens (including phenoxy) is 3. The van der Waals surface area contributed by atoms with Gasteiger partial charge in [0.05, 0.1) is 26.4 Å². The Morgan fingerprint density at radius 3 is 2.40 bits per heavy atom. The maximum atomic E-state index is 12.4. The van der Waals surface area contributed by atoms with Crippen molar-refractivity contribution < 1.29 is 28.9 Å². The molecule has 1 heterocycles. The summed E-state index contributed by atoms with van der Waals surface area (Å²) in [5, 5.41) is 13.9. The first-order valence-electron chi connectivity index (χ1n) is 13.5. The molecular weight excluding hydrogens is 506 g/mol. The van der Waals surface area contributed by atoms with Gasteiger partial charge >= 0.3 is 5.97 Å². The molecule has 0 radical (unpaired) electrons. The van der Waals surface area contributed by atoms with Crippen LogP contribution >= 0.6 is 0 Å². The highest BCUT2D eigenvalue weighted by atomic mass is 16.5. The molecule has 1 aliphatic rings. The number of hydrogen-bond donors (Lipinski definition) is 0. The third-order valence-corrected chi connectivity index (χ3v) is 7.45. The van der Waals surface area contributed by atoms with Crippen LogP contribution in [0.3, 0.4) is 0 Å². The lowest BCUT2D eigenvalue weighted by atomic mass is 9.86. The van der Waals surface area contributed by atoms with Crippen LogP contribution in [0.1, 0.15) is 39.4 Å². The van der Waals surface area contributed by atoms with Crippen molar-refractivity contribution in [3.8, 4) is 5.75 Å². The van der Waals surface area contributed by atoms with Gasteiger partial charge in [0.2, 0.25) is 0 Å². The fourth-order valence-corrected chi connectivity index (χ4v) is 5.25. The fraction of sp³-hybridized carbons (Fsp3) is 0.273. The van der Waals surface area contributed by atoms with E-state index in [2.05, 4.69) is 36.4 Å². The lowest BCUT2D eigenvalue weighted by Gasteiger charge is -2.40. The van der Waals surface area contributed by atoms with Crippen molar-refractivity contribution in [1.82, 2.24) is 4.90 Å². The molecule has 0 spiro atoms. The van der Waals surface area contributed by atoms with Crippen LogP contribution in [-0.2, 0) is 22.5 Å². The molecule has 1 saturated heterocycles. The Hall–Kier alpha value is -4.36. The molecule has 0 saturated carbocycles. The summed E-state index contributed by atoms with van der Waals surface area (Å²) in [6.45, 7) is 1.31. The molecule has 4 aromatic carbocycles. The van der Waals surface area contributed by atoms with Crippen LogP contribution < -0.4 is 9.84 Å². The van der Waals surface area contributed by atoms with Crippen molar-refractivity contribution in [1.29, 1.82) is 0 Å². The predicted octanol–water partition coefficient (Wildman–Crippen LogP) is 4.97. The second kappa shape index (κ2) is 12.7. The zero-order valence-corrected chi connectivity index (χ0v) is 22.5. The maximum Gasteiger partial charge on any atom is 0.341 e. The van der Waals surface area contributed by atoms with E-state index in [0.717, 1.165) is 22.1 Å². The Balaban J connectivity index is 1.21. The fourth-order valence-electron chi connectivity index (χ4n) is 5.25. The van der Waals surface area contributed by atoms with Gasteiger partial charge in [-0.2, -0.15) is 0 Å². The number of hydrogen-bond acceptors (Lipinski definition) is 6. The number of para-hydroxylation sites is 1. The smallest absolute Gasteiger partial charge is 0.341 e. The average molecular weight is 539 g/mol. The molecule has 0 aliphatic carbocycles. The number of carbonyl (C=O) groups is 2. The lowest BCUT2D eigenvalue weighted by Crippen LogP contribution is -2.51. The number of benzene rings is 4. The van der Waals surface area contributed by atoms with Crippen LogP contribution in [0, 0.1) is 0 Å². The van der Waals surface area contributed by atoms with Crippen LogP contribution in [-0.4, -0.2) is 49.9 Å². The summed E-state index contributed by atoms with van der Waals surface area (Å²) in [5.41, 5.74) is 3.58. The van der Waals surface area contributed by atoms with E-state index in [-0.39, 0.29) is 25.2 Å². The van der Waals surface area contributed by atoms with Crippen molar-refractivity contribution >= 4 is 22.8 Å². The first-order chi connectivity index (χ1) is 19.5. The van der Waals surface area contributed by atoms with Crippen molar-refractivity contribution in [2.75, 3.05) is 26.8 Å². The second-order valence-electron chi connectivity index (χ2n) is 9.97. The molecule has 5 rings (SSSR count). The number of carbonyl (C=O) groups excluding carboxylic acids is 2. The third-order valence-electron chi connectivity index (χ3n) is 7.45. The minimum absolute atomic E-state index is 0.0495. The molecule has 0 aromatic heterocycles. The van der Waals surface area contributed by atoms with Crippen LogP contribution in [0.2, 0.25) is 0 Å². The number of nitrogens with zero attached hydrogens (tertiary/aromatic N) is 1. The normalized spacial score (nSPS) is 17.0. The summed E-state index contributed by atoms with van der Waals surface area (Å²) in [5.74, 6) is 0.118. The number of methoxy groups -OCH3 is 1. The summed E-state index contributed by atoms with van der Waals surface area (Å²) in [7, 11) is 1.52. The zero-order valence-electron chi connectivity index (χ0n) is 22.5. The second-order valence-corrected chi connectivity index (χ2v) is 9.97. The molecule has 206 valence electrons. The van der Waals surface area contributed by atoms with Gasteiger partial charge in [-0.1, -0.05) is 72.8 Å². The SMILES string of the molecule is COc1ccccc1C(=O)OCCc1ccc(C2CCN(C(=O)[O-])CC2OCc2ccc3ccccc3c2)cc1. The molecule has 0 N–H and O–H groups in total. The number of esters is 1. The van der Waals surface area contributed by atoms with E-state index in [1.807, 2.05) is 30.3 Å². The predicted molar refractivity (Wildman–Crippen MR) is 150 cm³/mol. The summed E-state index contributed by atoms with van der Waals surface area (Å²) < 4.78 is 17.1. The number of amides is 1. The maximum absolute atomic E-state index is 12.4. The number of rotatable bonds is 9. The Bertz CT molecular complexity index is 1470. The minimum atomic E-state index is -1.17. The Labute approximate surface area is 233 Å². The van der Waals surface area contributed by atoms with Gasteiger partial charge in [0.1, 0.15) is 17.4 Å². The largest absolute Gasteiger partial charge is 0.530 e. The Morgan fingerprint density at radius 2 is 1.62 bits per heavy atom. The van der Waals surface area contributed by atoms with E-state index < -0.39 is 12.1 Å². The molecule has 1 aliphatic heterocycles. The first kappa shape index (κ1) is 27.2. The molecule has 1 fully saturated rings. The van der Waals surface area contributed by atoms with Gasteiger partial charge in [-0.25, -0.2) is 4.79 Å². The highest BCUT2D eigenvalue weighted by Crippen LogP contribution is 2.32. The molecule has 2 atom stereocenters. The van der Waals surface area contributed by atoms with Crippen LogP contribution in [0.25, 0.3) is 10.8 Å². The zero-order chi connectivity index (χ0) is 27.9. The van der Waals surface area contributed by atoms with Crippen molar-refractivity contribution in [3.05, 3.63) is 113 Å². The van der Waals surface area contributed by atoms with E-state index >= 15 is 0 Å². The minimum Gasteiger partial charge on any atom is -0.530 e. The van der Waals surface area contributed by atoms with E-state index in [0.29, 0.717) is 37.3 Å². The molecular formula is C33H32NO6-. The van der Waals surface area contributed by atoms with Gasteiger partial charge in [0, 0.05) is 25.4 Å². The van der Waals surface area contributed by atoms with Gasteiger partial charge in [0.15, 0.2) is 0 Å². The van der Waals surface area contributed by atoms with Crippen molar-refractivity contribution in [3.63, 3.8) is 0 Å². The number of carboxylic acid groups (broad SMARTS) is 1. The van der Waals surface area contributed by atoms with Gasteiger partial charge < -0.3 is 29.0 Å². The highest BCUT2D eigenvalue weighted by molar-refractivity contribution is 5.92. The average Bonchev–Trinajstić information content (AvgIpc) is 3.00. The van der Waals surface area contributed by atoms with E-state index in [1.54, 1.807) is 24.3 Å².